The van der Waals surface area contributed by atoms with Gasteiger partial charge in [-0.25, -0.2) is 0 Å². The predicted octanol–water partition coefficient (Wildman–Crippen LogP) is 4.39. The van der Waals surface area contributed by atoms with Crippen molar-refractivity contribution in [2.24, 2.45) is 17.8 Å². The van der Waals surface area contributed by atoms with Gasteiger partial charge in [0.15, 0.2) is 6.19 Å². The zero-order valence-corrected chi connectivity index (χ0v) is 17.8. The smallest absolute Gasteiger partial charge is 0.179 e. The van der Waals surface area contributed by atoms with E-state index >= 15 is 0 Å². The molecule has 1 aliphatic carbocycles. The summed E-state index contributed by atoms with van der Waals surface area (Å²) in [5.41, 5.74) is 3.56. The van der Waals surface area contributed by atoms with Crippen LogP contribution >= 0.6 is 0 Å². The maximum absolute atomic E-state index is 10.6. The van der Waals surface area contributed by atoms with Crippen LogP contribution in [0.3, 0.4) is 0 Å². The number of nitriles is 1. The van der Waals surface area contributed by atoms with Crippen LogP contribution in [0, 0.1) is 29.2 Å². The molecule has 1 saturated carbocycles. The molecule has 5 heteroatoms. The minimum absolute atomic E-state index is 0.0220. The number of aliphatic hydroxyl groups is 1. The first kappa shape index (κ1) is 20.3. The lowest BCUT2D eigenvalue weighted by Crippen LogP contribution is -2.42. The Morgan fingerprint density at radius 2 is 2.07 bits per heavy atom. The van der Waals surface area contributed by atoms with Crippen molar-refractivity contribution < 1.29 is 9.84 Å². The van der Waals surface area contributed by atoms with Gasteiger partial charge < -0.3 is 19.7 Å². The molecule has 156 valence electrons. The zero-order valence-electron chi connectivity index (χ0n) is 17.8. The maximum atomic E-state index is 10.6. The van der Waals surface area contributed by atoms with Crippen LogP contribution in [0.2, 0.25) is 0 Å². The number of aromatic nitrogens is 1. The van der Waals surface area contributed by atoms with E-state index in [-0.39, 0.29) is 24.2 Å². The van der Waals surface area contributed by atoms with E-state index in [0.29, 0.717) is 11.8 Å². The molecular weight excluding hydrogens is 362 g/mol. The van der Waals surface area contributed by atoms with Gasteiger partial charge in [0, 0.05) is 29.7 Å². The molecule has 2 aliphatic rings. The average molecular weight is 396 g/mol. The summed E-state index contributed by atoms with van der Waals surface area (Å²) in [7, 11) is 0. The quantitative estimate of drug-likeness (QED) is 0.740. The van der Waals surface area contributed by atoms with Crippen LogP contribution < -0.4 is 0 Å². The summed E-state index contributed by atoms with van der Waals surface area (Å²) in [5, 5.41) is 21.6. The lowest BCUT2D eigenvalue weighted by molar-refractivity contribution is -0.0531. The van der Waals surface area contributed by atoms with E-state index in [1.165, 1.54) is 10.9 Å². The van der Waals surface area contributed by atoms with Crippen LogP contribution in [-0.2, 0) is 11.2 Å². The third-order valence-corrected chi connectivity index (χ3v) is 7.04. The zero-order chi connectivity index (χ0) is 20.5. The Balaban J connectivity index is 1.80. The summed E-state index contributed by atoms with van der Waals surface area (Å²) in [6.07, 6.45) is 5.77. The molecule has 1 aromatic heterocycles. The van der Waals surface area contributed by atoms with Crippen molar-refractivity contribution in [2.75, 3.05) is 13.1 Å². The number of hydrogen-bond donors (Lipinski definition) is 2. The van der Waals surface area contributed by atoms with Gasteiger partial charge in [-0.2, -0.15) is 5.26 Å². The van der Waals surface area contributed by atoms with Crippen molar-refractivity contribution in [1.82, 2.24) is 9.88 Å². The first-order chi connectivity index (χ1) is 14.0. The predicted molar refractivity (Wildman–Crippen MR) is 114 cm³/mol. The fraction of sp³-hybridized carbons (Fsp3) is 0.625. The van der Waals surface area contributed by atoms with Gasteiger partial charge in [0.25, 0.3) is 0 Å². The summed E-state index contributed by atoms with van der Waals surface area (Å²) < 4.78 is 6.47. The number of nitrogens with zero attached hydrogens (tertiary/aromatic N) is 2. The monoisotopic (exact) mass is 395 g/mol. The second-order valence-corrected chi connectivity index (χ2v) is 9.20. The van der Waals surface area contributed by atoms with Crippen LogP contribution in [0.1, 0.15) is 57.4 Å². The van der Waals surface area contributed by atoms with Crippen molar-refractivity contribution in [3.05, 3.63) is 35.5 Å². The number of rotatable bonds is 2. The molecule has 29 heavy (non-hydrogen) atoms. The van der Waals surface area contributed by atoms with Crippen LogP contribution in [-0.4, -0.2) is 40.3 Å². The Labute approximate surface area is 173 Å². The van der Waals surface area contributed by atoms with E-state index < -0.39 is 0 Å². The molecule has 2 heterocycles. The van der Waals surface area contributed by atoms with Gasteiger partial charge in [-0.3, -0.25) is 0 Å². The molecule has 0 amide bonds. The number of para-hydroxylation sites is 1. The van der Waals surface area contributed by atoms with E-state index in [0.717, 1.165) is 50.0 Å². The van der Waals surface area contributed by atoms with Crippen molar-refractivity contribution >= 4 is 10.9 Å². The molecular formula is C24H33N3O2. The van der Waals surface area contributed by atoms with Crippen LogP contribution in [0.5, 0.6) is 0 Å². The minimum Gasteiger partial charge on any atom is -0.393 e. The fourth-order valence-corrected chi connectivity index (χ4v) is 5.50. The molecule has 1 unspecified atom stereocenters. The molecule has 0 saturated heterocycles. The Morgan fingerprint density at radius 3 is 2.83 bits per heavy atom. The van der Waals surface area contributed by atoms with Crippen molar-refractivity contribution in [1.29, 1.82) is 5.26 Å². The molecule has 1 aromatic carbocycles. The summed E-state index contributed by atoms with van der Waals surface area (Å²) >= 11 is 0. The SMILES string of the molecule is CC(C)O[C@H]1CC2[C@@H](CC[C@H](O)[C@@H]2C)CN(C#N)CCc2c1[nH]c1ccccc21. The lowest BCUT2D eigenvalue weighted by Gasteiger charge is -2.43. The standard InChI is InChI=1S/C24H33N3O2/c1-15(2)29-23-12-20-16(3)22(28)9-8-17(20)13-27(14-25)11-10-19-18-6-4-5-7-21(18)26-24(19)23/h4-7,15-17,20,22-23,26,28H,8-13H2,1-3H3/t16-,17+,20?,22+,23+/m1/s1. The summed E-state index contributed by atoms with van der Waals surface area (Å²) in [5.74, 6) is 0.952. The number of H-pyrrole nitrogens is 1. The van der Waals surface area contributed by atoms with Gasteiger partial charge in [-0.15, -0.1) is 0 Å². The molecule has 4 rings (SSSR count). The highest BCUT2D eigenvalue weighted by Crippen LogP contribution is 2.43. The number of fused-ring (bicyclic) bond motifs is 4. The first-order valence-corrected chi connectivity index (χ1v) is 11.1. The Hall–Kier alpha value is -2.03. The van der Waals surface area contributed by atoms with Crippen molar-refractivity contribution in [2.45, 2.75) is 64.8 Å². The number of ether oxygens (including phenoxy) is 1. The molecule has 5 atom stereocenters. The second-order valence-electron chi connectivity index (χ2n) is 9.20. The Morgan fingerprint density at radius 1 is 1.28 bits per heavy atom. The van der Waals surface area contributed by atoms with Crippen LogP contribution in [0.4, 0.5) is 0 Å². The highest BCUT2D eigenvalue weighted by Gasteiger charge is 2.40. The van der Waals surface area contributed by atoms with Gasteiger partial charge in [-0.1, -0.05) is 25.1 Å². The first-order valence-electron chi connectivity index (χ1n) is 11.1. The van der Waals surface area contributed by atoms with Gasteiger partial charge in [0.1, 0.15) is 0 Å². The molecule has 5 nitrogen and oxygen atoms in total. The molecule has 1 fully saturated rings. The summed E-state index contributed by atoms with van der Waals surface area (Å²) in [4.78, 5) is 5.58. The van der Waals surface area contributed by atoms with Gasteiger partial charge in [0.05, 0.1) is 18.3 Å². The van der Waals surface area contributed by atoms with Crippen molar-refractivity contribution in [3.8, 4) is 6.19 Å². The van der Waals surface area contributed by atoms with Crippen LogP contribution in [0.25, 0.3) is 10.9 Å². The highest BCUT2D eigenvalue weighted by molar-refractivity contribution is 5.84. The second kappa shape index (κ2) is 8.38. The molecule has 0 spiro atoms. The number of benzene rings is 1. The fourth-order valence-electron chi connectivity index (χ4n) is 5.50. The van der Waals surface area contributed by atoms with Gasteiger partial charge in [-0.05, 0) is 68.9 Å². The molecule has 0 radical (unpaired) electrons. The lowest BCUT2D eigenvalue weighted by atomic mass is 9.68. The van der Waals surface area contributed by atoms with Crippen molar-refractivity contribution in [3.63, 3.8) is 0 Å². The number of nitrogens with one attached hydrogen (secondary N) is 1. The third kappa shape index (κ3) is 4.01. The minimum atomic E-state index is -0.267. The molecule has 0 bridgehead atoms. The normalized spacial score (nSPS) is 30.6. The van der Waals surface area contributed by atoms with Gasteiger partial charge in [0.2, 0.25) is 0 Å². The maximum Gasteiger partial charge on any atom is 0.179 e. The summed E-state index contributed by atoms with van der Waals surface area (Å²) in [6, 6.07) is 8.41. The average Bonchev–Trinajstić information content (AvgIpc) is 3.07. The third-order valence-electron chi connectivity index (χ3n) is 7.04. The Bertz CT molecular complexity index is 884. The molecule has 2 N–H and O–H groups in total. The number of aromatic amines is 1. The largest absolute Gasteiger partial charge is 0.393 e. The van der Waals surface area contributed by atoms with Gasteiger partial charge >= 0.3 is 0 Å². The number of hydrogen-bond acceptors (Lipinski definition) is 4. The Kier molecular flexibility index (Phi) is 5.85. The van der Waals surface area contributed by atoms with E-state index in [9.17, 15) is 10.4 Å². The highest BCUT2D eigenvalue weighted by atomic mass is 16.5. The van der Waals surface area contributed by atoms with E-state index in [2.05, 4.69) is 56.2 Å². The van der Waals surface area contributed by atoms with E-state index in [4.69, 9.17) is 4.74 Å². The van der Waals surface area contributed by atoms with Crippen LogP contribution in [0.15, 0.2) is 24.3 Å². The topological polar surface area (TPSA) is 72.3 Å². The number of aliphatic hydroxyl groups excluding tert-OH is 1. The summed E-state index contributed by atoms with van der Waals surface area (Å²) in [6.45, 7) is 7.86. The van der Waals surface area contributed by atoms with E-state index in [1.54, 1.807) is 0 Å². The molecule has 1 aliphatic heterocycles. The molecule has 2 aromatic rings. The van der Waals surface area contributed by atoms with E-state index in [1.807, 2.05) is 4.90 Å².